The highest BCUT2D eigenvalue weighted by Crippen LogP contribution is 2.27. The first kappa shape index (κ1) is 12.1. The van der Waals surface area contributed by atoms with Crippen LogP contribution in [0.4, 0.5) is 0 Å². The van der Waals surface area contributed by atoms with Crippen LogP contribution >= 0.6 is 0 Å². The molecule has 0 saturated heterocycles. The number of ether oxygens (including phenoxy) is 1. The minimum Gasteiger partial charge on any atom is -0.493 e. The SMILES string of the molecule is CCCOc1c(C)cc([C@@H](C)O)cc1C. The molecule has 0 unspecified atom stereocenters. The summed E-state index contributed by atoms with van der Waals surface area (Å²) in [5.74, 6) is 0.959. The molecule has 1 N–H and O–H groups in total. The predicted octanol–water partition coefficient (Wildman–Crippen LogP) is 3.15. The minimum atomic E-state index is -0.414. The lowest BCUT2D eigenvalue weighted by Crippen LogP contribution is -2.01. The van der Waals surface area contributed by atoms with Gasteiger partial charge in [-0.05, 0) is 56.0 Å². The summed E-state index contributed by atoms with van der Waals surface area (Å²) in [7, 11) is 0. The van der Waals surface area contributed by atoms with Crippen LogP contribution in [0, 0.1) is 13.8 Å². The molecule has 0 aliphatic carbocycles. The van der Waals surface area contributed by atoms with Crippen molar-refractivity contribution in [1.29, 1.82) is 0 Å². The number of hydrogen-bond acceptors (Lipinski definition) is 2. The van der Waals surface area contributed by atoms with Crippen LogP contribution in [0.5, 0.6) is 5.75 Å². The third-order valence-corrected chi connectivity index (χ3v) is 2.42. The van der Waals surface area contributed by atoms with Crippen molar-refractivity contribution in [3.8, 4) is 5.75 Å². The predicted molar refractivity (Wildman–Crippen MR) is 62.3 cm³/mol. The zero-order valence-corrected chi connectivity index (χ0v) is 10.0. The molecule has 1 atom stereocenters. The molecule has 1 aromatic rings. The average Bonchev–Trinajstić information content (AvgIpc) is 2.16. The lowest BCUT2D eigenvalue weighted by molar-refractivity contribution is 0.199. The van der Waals surface area contributed by atoms with Gasteiger partial charge >= 0.3 is 0 Å². The molecule has 0 radical (unpaired) electrons. The molecule has 1 aromatic carbocycles. The number of benzene rings is 1. The summed E-state index contributed by atoms with van der Waals surface area (Å²) in [6.45, 7) is 8.65. The third kappa shape index (κ3) is 2.96. The van der Waals surface area contributed by atoms with Crippen molar-refractivity contribution >= 4 is 0 Å². The summed E-state index contributed by atoms with van der Waals surface area (Å²) >= 11 is 0. The van der Waals surface area contributed by atoms with Crippen molar-refractivity contribution in [3.05, 3.63) is 28.8 Å². The molecule has 0 aromatic heterocycles. The Hall–Kier alpha value is -1.02. The van der Waals surface area contributed by atoms with E-state index in [9.17, 15) is 5.11 Å². The van der Waals surface area contributed by atoms with Gasteiger partial charge < -0.3 is 9.84 Å². The molecule has 0 saturated carbocycles. The van der Waals surface area contributed by atoms with Crippen molar-refractivity contribution in [2.45, 2.75) is 40.2 Å². The first-order valence-corrected chi connectivity index (χ1v) is 5.48. The number of aliphatic hydroxyl groups excluding tert-OH is 1. The molecular formula is C13H20O2. The Labute approximate surface area is 91.9 Å². The third-order valence-electron chi connectivity index (χ3n) is 2.42. The summed E-state index contributed by atoms with van der Waals surface area (Å²) < 4.78 is 5.67. The Kier molecular flexibility index (Phi) is 4.15. The van der Waals surface area contributed by atoms with Gasteiger partial charge in [-0.1, -0.05) is 6.92 Å². The van der Waals surface area contributed by atoms with Crippen molar-refractivity contribution in [3.63, 3.8) is 0 Å². The monoisotopic (exact) mass is 208 g/mol. The summed E-state index contributed by atoms with van der Waals surface area (Å²) in [6.07, 6.45) is 0.597. The Balaban J connectivity index is 2.99. The number of aryl methyl sites for hydroxylation is 2. The van der Waals surface area contributed by atoms with Gasteiger partial charge in [0.25, 0.3) is 0 Å². The van der Waals surface area contributed by atoms with Crippen LogP contribution in [0.15, 0.2) is 12.1 Å². The van der Waals surface area contributed by atoms with E-state index in [4.69, 9.17) is 4.74 Å². The molecule has 0 aliphatic rings. The zero-order valence-electron chi connectivity index (χ0n) is 10.0. The Bertz CT molecular complexity index is 306. The Morgan fingerprint density at radius 2 is 1.80 bits per heavy atom. The molecule has 0 amide bonds. The van der Waals surface area contributed by atoms with Crippen molar-refractivity contribution in [2.75, 3.05) is 6.61 Å². The molecule has 15 heavy (non-hydrogen) atoms. The fourth-order valence-electron chi connectivity index (χ4n) is 1.66. The van der Waals surface area contributed by atoms with Crippen molar-refractivity contribution in [2.24, 2.45) is 0 Å². The first-order chi connectivity index (χ1) is 7.06. The van der Waals surface area contributed by atoms with E-state index < -0.39 is 6.10 Å². The standard InChI is InChI=1S/C13H20O2/c1-5-6-15-13-9(2)7-12(11(4)14)8-10(13)3/h7-8,11,14H,5-6H2,1-4H3/t11-/m1/s1. The maximum atomic E-state index is 9.50. The highest BCUT2D eigenvalue weighted by atomic mass is 16.5. The molecule has 1 rings (SSSR count). The maximum Gasteiger partial charge on any atom is 0.125 e. The normalized spacial score (nSPS) is 12.6. The van der Waals surface area contributed by atoms with Gasteiger partial charge in [0.15, 0.2) is 0 Å². The maximum absolute atomic E-state index is 9.50. The largest absolute Gasteiger partial charge is 0.493 e. The summed E-state index contributed by atoms with van der Waals surface area (Å²) in [6, 6.07) is 3.98. The summed E-state index contributed by atoms with van der Waals surface area (Å²) in [5.41, 5.74) is 3.15. The van der Waals surface area contributed by atoms with E-state index in [0.717, 1.165) is 35.5 Å². The topological polar surface area (TPSA) is 29.5 Å². The summed E-state index contributed by atoms with van der Waals surface area (Å²) in [5, 5.41) is 9.50. The van der Waals surface area contributed by atoms with Crippen LogP contribution in [0.3, 0.4) is 0 Å². The van der Waals surface area contributed by atoms with Gasteiger partial charge in [-0.2, -0.15) is 0 Å². The number of hydrogen-bond donors (Lipinski definition) is 1. The first-order valence-electron chi connectivity index (χ1n) is 5.48. The molecule has 2 heteroatoms. The molecule has 0 aliphatic heterocycles. The van der Waals surface area contributed by atoms with Crippen LogP contribution in [0.2, 0.25) is 0 Å². The molecule has 0 spiro atoms. The van der Waals surface area contributed by atoms with Gasteiger partial charge in [-0.25, -0.2) is 0 Å². The van der Waals surface area contributed by atoms with Gasteiger partial charge in [-0.3, -0.25) is 0 Å². The van der Waals surface area contributed by atoms with E-state index in [1.54, 1.807) is 6.92 Å². The van der Waals surface area contributed by atoms with E-state index in [1.165, 1.54) is 0 Å². The minimum absolute atomic E-state index is 0.414. The van der Waals surface area contributed by atoms with Crippen LogP contribution < -0.4 is 4.74 Å². The lowest BCUT2D eigenvalue weighted by atomic mass is 10.0. The zero-order chi connectivity index (χ0) is 11.4. The van der Waals surface area contributed by atoms with Gasteiger partial charge in [0, 0.05) is 0 Å². The van der Waals surface area contributed by atoms with Crippen LogP contribution in [0.1, 0.15) is 43.1 Å². The van der Waals surface area contributed by atoms with Crippen LogP contribution in [-0.2, 0) is 0 Å². The average molecular weight is 208 g/mol. The van der Waals surface area contributed by atoms with E-state index in [1.807, 2.05) is 26.0 Å². The Morgan fingerprint density at radius 1 is 1.27 bits per heavy atom. The van der Waals surface area contributed by atoms with Gasteiger partial charge in [0.1, 0.15) is 5.75 Å². The quantitative estimate of drug-likeness (QED) is 0.823. The van der Waals surface area contributed by atoms with Crippen LogP contribution in [-0.4, -0.2) is 11.7 Å². The molecule has 0 bridgehead atoms. The van der Waals surface area contributed by atoms with E-state index in [0.29, 0.717) is 0 Å². The van der Waals surface area contributed by atoms with Gasteiger partial charge in [0.05, 0.1) is 12.7 Å². The molecule has 0 fully saturated rings. The van der Waals surface area contributed by atoms with E-state index in [2.05, 4.69) is 6.92 Å². The second-order valence-corrected chi connectivity index (χ2v) is 4.01. The summed E-state index contributed by atoms with van der Waals surface area (Å²) in [4.78, 5) is 0. The second-order valence-electron chi connectivity index (χ2n) is 4.01. The molecule has 84 valence electrons. The second kappa shape index (κ2) is 5.17. The van der Waals surface area contributed by atoms with E-state index >= 15 is 0 Å². The number of rotatable bonds is 4. The number of aliphatic hydroxyl groups is 1. The molecule has 2 nitrogen and oxygen atoms in total. The van der Waals surface area contributed by atoms with Crippen molar-refractivity contribution in [1.82, 2.24) is 0 Å². The molecule has 0 heterocycles. The van der Waals surface area contributed by atoms with Crippen LogP contribution in [0.25, 0.3) is 0 Å². The smallest absolute Gasteiger partial charge is 0.125 e. The highest BCUT2D eigenvalue weighted by Gasteiger charge is 2.08. The van der Waals surface area contributed by atoms with E-state index in [-0.39, 0.29) is 0 Å². The highest BCUT2D eigenvalue weighted by molar-refractivity contribution is 5.43. The molecular weight excluding hydrogens is 188 g/mol. The van der Waals surface area contributed by atoms with Gasteiger partial charge in [0.2, 0.25) is 0 Å². The van der Waals surface area contributed by atoms with Crippen molar-refractivity contribution < 1.29 is 9.84 Å². The fraction of sp³-hybridized carbons (Fsp3) is 0.538. The Morgan fingerprint density at radius 3 is 2.20 bits per heavy atom. The fourth-order valence-corrected chi connectivity index (χ4v) is 1.66. The van der Waals surface area contributed by atoms with Gasteiger partial charge in [-0.15, -0.1) is 0 Å². The lowest BCUT2D eigenvalue weighted by Gasteiger charge is -2.14.